The zero-order valence-corrected chi connectivity index (χ0v) is 21.7. The van der Waals surface area contributed by atoms with Gasteiger partial charge in [-0.05, 0) is 86.5 Å². The van der Waals surface area contributed by atoms with E-state index in [0.717, 1.165) is 5.56 Å². The number of anilines is 1. The molecule has 1 saturated heterocycles. The highest BCUT2D eigenvalue weighted by atomic mass is 16.5. The van der Waals surface area contributed by atoms with E-state index in [9.17, 15) is 19.5 Å². The molecule has 0 aromatic heterocycles. The van der Waals surface area contributed by atoms with Gasteiger partial charge in [-0.15, -0.1) is 0 Å². The van der Waals surface area contributed by atoms with Crippen LogP contribution in [0.5, 0.6) is 11.5 Å². The van der Waals surface area contributed by atoms with Crippen molar-refractivity contribution in [1.82, 2.24) is 0 Å². The topological polar surface area (TPSA) is 102 Å². The van der Waals surface area contributed by atoms with E-state index in [0.29, 0.717) is 40.5 Å². The fraction of sp³-hybridized carbons (Fsp3) is 0.233. The molecule has 8 nitrogen and oxygen atoms in total. The molecule has 1 atom stereocenters. The summed E-state index contributed by atoms with van der Waals surface area (Å²) in [5.74, 6) is -1.12. The van der Waals surface area contributed by atoms with E-state index in [-0.39, 0.29) is 17.9 Å². The maximum absolute atomic E-state index is 13.4. The Morgan fingerprint density at radius 1 is 0.921 bits per heavy atom. The third kappa shape index (κ3) is 4.98. The van der Waals surface area contributed by atoms with Crippen LogP contribution in [0, 0.1) is 6.92 Å². The zero-order chi connectivity index (χ0) is 27.4. The molecular formula is C30H29NO7. The summed E-state index contributed by atoms with van der Waals surface area (Å²) in [4.78, 5) is 40.2. The molecule has 38 heavy (non-hydrogen) atoms. The molecule has 0 spiro atoms. The minimum atomic E-state index is -0.916. The van der Waals surface area contributed by atoms with E-state index < -0.39 is 23.7 Å². The summed E-state index contributed by atoms with van der Waals surface area (Å²) in [6, 6.07) is 17.3. The molecule has 0 saturated carbocycles. The second-order valence-corrected chi connectivity index (χ2v) is 8.62. The molecule has 1 fully saturated rings. The molecule has 1 aliphatic rings. The number of esters is 1. The van der Waals surface area contributed by atoms with E-state index in [2.05, 4.69) is 0 Å². The number of hydrogen-bond donors (Lipinski definition) is 1. The monoisotopic (exact) mass is 515 g/mol. The van der Waals surface area contributed by atoms with Crippen LogP contribution in [0.1, 0.15) is 46.9 Å². The van der Waals surface area contributed by atoms with Crippen molar-refractivity contribution in [3.8, 4) is 11.5 Å². The summed E-state index contributed by atoms with van der Waals surface area (Å²) < 4.78 is 15.9. The third-order valence-corrected chi connectivity index (χ3v) is 6.28. The van der Waals surface area contributed by atoms with E-state index in [1.807, 2.05) is 13.8 Å². The molecule has 1 N–H and O–H groups in total. The van der Waals surface area contributed by atoms with Gasteiger partial charge in [0.15, 0.2) is 0 Å². The smallest absolute Gasteiger partial charge is 0.338 e. The van der Waals surface area contributed by atoms with Crippen LogP contribution in [0.3, 0.4) is 0 Å². The molecule has 1 unspecified atom stereocenters. The maximum atomic E-state index is 13.4. The average molecular weight is 516 g/mol. The van der Waals surface area contributed by atoms with Crippen molar-refractivity contribution in [2.45, 2.75) is 26.8 Å². The van der Waals surface area contributed by atoms with Gasteiger partial charge < -0.3 is 19.3 Å². The lowest BCUT2D eigenvalue weighted by Crippen LogP contribution is -2.29. The number of nitrogens with zero attached hydrogens (tertiary/aromatic N) is 1. The molecule has 1 aliphatic heterocycles. The number of ketones is 1. The third-order valence-electron chi connectivity index (χ3n) is 6.28. The molecule has 196 valence electrons. The summed E-state index contributed by atoms with van der Waals surface area (Å²) in [5, 5.41) is 11.4. The first-order valence-corrected chi connectivity index (χ1v) is 12.3. The predicted molar refractivity (Wildman–Crippen MR) is 143 cm³/mol. The summed E-state index contributed by atoms with van der Waals surface area (Å²) in [7, 11) is 1.54. The predicted octanol–water partition coefficient (Wildman–Crippen LogP) is 5.21. The average Bonchev–Trinajstić information content (AvgIpc) is 3.19. The number of carbonyl (C=O) groups is 3. The number of methoxy groups -OCH3 is 1. The SMILES string of the molecule is CCOC(=O)c1ccc(N2C(=O)C(=O)/C(=C(\O)c3ccc(OCC)c(C)c3)C2c2ccc(OC)cc2)cc1. The van der Waals surface area contributed by atoms with Crippen molar-refractivity contribution < 1.29 is 33.7 Å². The van der Waals surface area contributed by atoms with Gasteiger partial charge in [-0.3, -0.25) is 14.5 Å². The molecule has 3 aromatic carbocycles. The van der Waals surface area contributed by atoms with Crippen LogP contribution in [-0.2, 0) is 14.3 Å². The van der Waals surface area contributed by atoms with Gasteiger partial charge in [-0.2, -0.15) is 0 Å². The Kier molecular flexibility index (Phi) is 7.81. The normalized spacial score (nSPS) is 16.4. The highest BCUT2D eigenvalue weighted by Gasteiger charge is 2.47. The Balaban J connectivity index is 1.85. The highest BCUT2D eigenvalue weighted by molar-refractivity contribution is 6.51. The van der Waals surface area contributed by atoms with Crippen LogP contribution < -0.4 is 14.4 Å². The summed E-state index contributed by atoms with van der Waals surface area (Å²) in [6.07, 6.45) is 0. The molecule has 0 radical (unpaired) electrons. The van der Waals surface area contributed by atoms with Crippen LogP contribution in [0.2, 0.25) is 0 Å². The van der Waals surface area contributed by atoms with Crippen molar-refractivity contribution in [3.63, 3.8) is 0 Å². The van der Waals surface area contributed by atoms with Crippen LogP contribution >= 0.6 is 0 Å². The fourth-order valence-corrected chi connectivity index (χ4v) is 4.44. The minimum absolute atomic E-state index is 0.0433. The maximum Gasteiger partial charge on any atom is 0.338 e. The Morgan fingerprint density at radius 2 is 1.58 bits per heavy atom. The second kappa shape index (κ2) is 11.2. The van der Waals surface area contributed by atoms with Gasteiger partial charge in [0.25, 0.3) is 11.7 Å². The Bertz CT molecular complexity index is 1390. The second-order valence-electron chi connectivity index (χ2n) is 8.62. The van der Waals surface area contributed by atoms with Crippen LogP contribution in [0.15, 0.2) is 72.3 Å². The molecular weight excluding hydrogens is 486 g/mol. The highest BCUT2D eigenvalue weighted by Crippen LogP contribution is 2.42. The first-order valence-electron chi connectivity index (χ1n) is 12.3. The van der Waals surface area contributed by atoms with Gasteiger partial charge in [0.2, 0.25) is 0 Å². The van der Waals surface area contributed by atoms with Gasteiger partial charge in [0, 0.05) is 11.3 Å². The first kappa shape index (κ1) is 26.5. The van der Waals surface area contributed by atoms with Crippen molar-refractivity contribution in [3.05, 3.63) is 94.6 Å². The van der Waals surface area contributed by atoms with Crippen molar-refractivity contribution in [2.24, 2.45) is 0 Å². The molecule has 1 amide bonds. The van der Waals surface area contributed by atoms with Crippen molar-refractivity contribution in [1.29, 1.82) is 0 Å². The first-order chi connectivity index (χ1) is 18.3. The summed E-state index contributed by atoms with van der Waals surface area (Å²) in [6.45, 7) is 6.16. The van der Waals surface area contributed by atoms with E-state index in [1.165, 1.54) is 17.0 Å². The van der Waals surface area contributed by atoms with Gasteiger partial charge in [0.1, 0.15) is 17.3 Å². The number of ether oxygens (including phenoxy) is 3. The summed E-state index contributed by atoms with van der Waals surface area (Å²) in [5.41, 5.74) is 2.43. The van der Waals surface area contributed by atoms with Crippen LogP contribution in [-0.4, -0.2) is 43.1 Å². The lowest BCUT2D eigenvalue weighted by Gasteiger charge is -2.25. The Morgan fingerprint density at radius 3 is 2.16 bits per heavy atom. The van der Waals surface area contributed by atoms with Gasteiger partial charge >= 0.3 is 5.97 Å². The number of aliphatic hydroxyl groups excluding tert-OH is 1. The zero-order valence-electron chi connectivity index (χ0n) is 21.7. The van der Waals surface area contributed by atoms with E-state index >= 15 is 0 Å². The molecule has 1 heterocycles. The quantitative estimate of drug-likeness (QED) is 0.190. The lowest BCUT2D eigenvalue weighted by atomic mass is 9.94. The molecule has 0 bridgehead atoms. The minimum Gasteiger partial charge on any atom is -0.507 e. The Labute approximate surface area is 221 Å². The van der Waals surface area contributed by atoms with Gasteiger partial charge in [0.05, 0.1) is 37.5 Å². The van der Waals surface area contributed by atoms with Crippen LogP contribution in [0.25, 0.3) is 5.76 Å². The van der Waals surface area contributed by atoms with Gasteiger partial charge in [-0.1, -0.05) is 12.1 Å². The lowest BCUT2D eigenvalue weighted by molar-refractivity contribution is -0.132. The van der Waals surface area contributed by atoms with E-state index in [4.69, 9.17) is 14.2 Å². The number of hydrogen-bond acceptors (Lipinski definition) is 7. The molecule has 0 aliphatic carbocycles. The van der Waals surface area contributed by atoms with Crippen molar-refractivity contribution >= 4 is 29.1 Å². The number of aryl methyl sites for hydroxylation is 1. The number of carbonyl (C=O) groups excluding carboxylic acids is 3. The van der Waals surface area contributed by atoms with Crippen LogP contribution in [0.4, 0.5) is 5.69 Å². The van der Waals surface area contributed by atoms with Crippen molar-refractivity contribution in [2.75, 3.05) is 25.2 Å². The molecule has 3 aromatic rings. The largest absolute Gasteiger partial charge is 0.507 e. The number of aliphatic hydroxyl groups is 1. The Hall–Kier alpha value is -4.59. The number of amides is 1. The van der Waals surface area contributed by atoms with E-state index in [1.54, 1.807) is 68.6 Å². The van der Waals surface area contributed by atoms with Gasteiger partial charge in [-0.25, -0.2) is 4.79 Å². The molecule has 8 heteroatoms. The summed E-state index contributed by atoms with van der Waals surface area (Å²) >= 11 is 0. The standard InChI is InChI=1S/C30H29NO7/c1-5-37-24-16-11-21(17-18(24)3)27(32)25-26(19-9-14-23(36-4)15-10-19)31(29(34)28(25)33)22-12-7-20(8-13-22)30(35)38-6-2/h7-17,26,32H,5-6H2,1-4H3/b27-25-. The number of rotatable bonds is 8. The fourth-order valence-electron chi connectivity index (χ4n) is 4.44. The molecule has 4 rings (SSSR count). The number of Topliss-reactive ketones (excluding diaryl/α,β-unsaturated/α-hetero) is 1. The number of benzene rings is 3.